The number of aromatic hydroxyl groups is 1. The lowest BCUT2D eigenvalue weighted by Gasteiger charge is -2.28. The summed E-state index contributed by atoms with van der Waals surface area (Å²) in [5.41, 5.74) is 7.43. The first-order valence-electron chi connectivity index (χ1n) is 9.13. The average molecular weight is 363 g/mol. The first kappa shape index (κ1) is 22.0. The van der Waals surface area contributed by atoms with Crippen LogP contribution in [0.5, 0.6) is 5.75 Å². The van der Waals surface area contributed by atoms with Gasteiger partial charge in [-0.25, -0.2) is 0 Å². The maximum absolute atomic E-state index is 11.9. The van der Waals surface area contributed by atoms with Crippen LogP contribution in [0.2, 0.25) is 0 Å². The van der Waals surface area contributed by atoms with Crippen LogP contribution in [0.4, 0.5) is 0 Å². The third-order valence-electron chi connectivity index (χ3n) is 4.23. The lowest BCUT2D eigenvalue weighted by molar-refractivity contribution is -0.144. The number of benzene rings is 1. The molecule has 0 spiro atoms. The Kier molecular flexibility index (Phi) is 7.25. The van der Waals surface area contributed by atoms with E-state index in [9.17, 15) is 14.7 Å². The van der Waals surface area contributed by atoms with E-state index in [1.54, 1.807) is 0 Å². The number of primary amides is 1. The van der Waals surface area contributed by atoms with E-state index in [2.05, 4.69) is 41.5 Å². The van der Waals surface area contributed by atoms with Crippen molar-refractivity contribution in [2.45, 2.75) is 78.1 Å². The van der Waals surface area contributed by atoms with Gasteiger partial charge in [0.1, 0.15) is 5.75 Å². The van der Waals surface area contributed by atoms with Crippen LogP contribution in [0, 0.1) is 0 Å². The molecule has 1 aromatic carbocycles. The summed E-state index contributed by atoms with van der Waals surface area (Å²) in [5, 5.41) is 10.7. The number of amides is 1. The van der Waals surface area contributed by atoms with E-state index in [0.717, 1.165) is 16.7 Å². The van der Waals surface area contributed by atoms with Crippen molar-refractivity contribution in [2.24, 2.45) is 5.73 Å². The van der Waals surface area contributed by atoms with Gasteiger partial charge in [-0.15, -0.1) is 0 Å². The largest absolute Gasteiger partial charge is 0.507 e. The van der Waals surface area contributed by atoms with Gasteiger partial charge in [0.15, 0.2) is 0 Å². The first-order valence-corrected chi connectivity index (χ1v) is 9.13. The predicted molar refractivity (Wildman–Crippen MR) is 103 cm³/mol. The van der Waals surface area contributed by atoms with Crippen molar-refractivity contribution in [3.8, 4) is 5.75 Å². The molecule has 0 atom stereocenters. The molecule has 0 aliphatic heterocycles. The van der Waals surface area contributed by atoms with Crippen LogP contribution in [-0.2, 0) is 31.6 Å². The summed E-state index contributed by atoms with van der Waals surface area (Å²) in [6.07, 6.45) is 1.47. The highest BCUT2D eigenvalue weighted by Gasteiger charge is 2.26. The van der Waals surface area contributed by atoms with E-state index in [4.69, 9.17) is 10.5 Å². The summed E-state index contributed by atoms with van der Waals surface area (Å²) in [6, 6.07) is 3.95. The molecule has 0 saturated carbocycles. The Hall–Kier alpha value is -2.04. The number of carbonyl (C=O) groups excluding carboxylic acids is 2. The molecule has 0 unspecified atom stereocenters. The number of phenolic OH excluding ortho intramolecular Hbond substituents is 1. The van der Waals surface area contributed by atoms with Gasteiger partial charge >= 0.3 is 5.97 Å². The van der Waals surface area contributed by atoms with Crippen LogP contribution in [0.25, 0.3) is 0 Å². The van der Waals surface area contributed by atoms with E-state index >= 15 is 0 Å². The molecular formula is C21H33NO4. The summed E-state index contributed by atoms with van der Waals surface area (Å²) in [5.74, 6) is -0.352. The molecule has 5 nitrogen and oxygen atoms in total. The Morgan fingerprint density at radius 3 is 1.92 bits per heavy atom. The van der Waals surface area contributed by atoms with Gasteiger partial charge in [-0.2, -0.15) is 0 Å². The molecule has 5 heteroatoms. The van der Waals surface area contributed by atoms with Crippen LogP contribution in [0.1, 0.15) is 77.5 Å². The Morgan fingerprint density at radius 1 is 1.00 bits per heavy atom. The number of nitrogens with two attached hydrogens (primary N) is 1. The molecule has 0 fully saturated rings. The third-order valence-corrected chi connectivity index (χ3v) is 4.23. The molecule has 0 aliphatic rings. The molecule has 1 amide bonds. The lowest BCUT2D eigenvalue weighted by atomic mass is 9.78. The van der Waals surface area contributed by atoms with Gasteiger partial charge in [0.2, 0.25) is 5.91 Å². The Morgan fingerprint density at radius 2 is 1.50 bits per heavy atom. The van der Waals surface area contributed by atoms with Crippen molar-refractivity contribution in [1.29, 1.82) is 0 Å². The summed E-state index contributed by atoms with van der Waals surface area (Å²) in [6.45, 7) is 12.6. The van der Waals surface area contributed by atoms with Crippen molar-refractivity contribution in [2.75, 3.05) is 6.61 Å². The molecule has 0 aliphatic carbocycles. The smallest absolute Gasteiger partial charge is 0.306 e. The average Bonchev–Trinajstić information content (AvgIpc) is 2.48. The zero-order valence-corrected chi connectivity index (χ0v) is 16.9. The van der Waals surface area contributed by atoms with Crippen molar-refractivity contribution in [3.05, 3.63) is 28.8 Å². The second kappa shape index (κ2) is 8.56. The van der Waals surface area contributed by atoms with E-state index in [1.807, 2.05) is 12.1 Å². The van der Waals surface area contributed by atoms with Gasteiger partial charge in [0.05, 0.1) is 6.61 Å². The molecule has 0 heterocycles. The zero-order chi connectivity index (χ0) is 20.1. The molecule has 1 rings (SSSR count). The van der Waals surface area contributed by atoms with Crippen molar-refractivity contribution < 1.29 is 19.4 Å². The highest BCUT2D eigenvalue weighted by atomic mass is 16.5. The number of hydrogen-bond acceptors (Lipinski definition) is 4. The second-order valence-corrected chi connectivity index (χ2v) is 8.83. The number of phenols is 1. The molecule has 0 aromatic heterocycles. The fourth-order valence-electron chi connectivity index (χ4n) is 2.73. The van der Waals surface area contributed by atoms with Crippen LogP contribution in [0.3, 0.4) is 0 Å². The maximum Gasteiger partial charge on any atom is 0.306 e. The number of rotatable bonds is 7. The van der Waals surface area contributed by atoms with E-state index < -0.39 is 5.91 Å². The van der Waals surface area contributed by atoms with Gasteiger partial charge < -0.3 is 15.6 Å². The molecule has 1 aromatic rings. The molecule has 3 N–H and O–H groups in total. The Bertz CT molecular complexity index is 616. The number of ether oxygens (including phenoxy) is 1. The van der Waals surface area contributed by atoms with Gasteiger partial charge in [-0.3, -0.25) is 9.59 Å². The maximum atomic E-state index is 11.9. The molecule has 26 heavy (non-hydrogen) atoms. The number of aryl methyl sites for hydroxylation is 1. The Balaban J connectivity index is 2.86. The van der Waals surface area contributed by atoms with Crippen molar-refractivity contribution >= 4 is 11.9 Å². The van der Waals surface area contributed by atoms with Crippen LogP contribution >= 0.6 is 0 Å². The van der Waals surface area contributed by atoms with E-state index in [0.29, 0.717) is 18.6 Å². The monoisotopic (exact) mass is 363 g/mol. The fourth-order valence-corrected chi connectivity index (χ4v) is 2.73. The normalized spacial score (nSPS) is 12.1. The summed E-state index contributed by atoms with van der Waals surface area (Å²) in [4.78, 5) is 22.6. The first-order chi connectivity index (χ1) is 11.8. The Labute approximate surface area is 156 Å². The number of carbonyl (C=O) groups is 2. The van der Waals surface area contributed by atoms with Crippen LogP contribution in [0.15, 0.2) is 12.1 Å². The molecule has 146 valence electrons. The van der Waals surface area contributed by atoms with Gasteiger partial charge in [0, 0.05) is 12.8 Å². The third kappa shape index (κ3) is 6.70. The van der Waals surface area contributed by atoms with E-state index in [1.165, 1.54) is 0 Å². The standard InChI is InChI=1S/C21H33NO4/c1-20(2,3)15-12-14(13-16(19(15)25)21(4,5)6)9-10-18(24)26-11-7-8-17(22)23/h12-13,25H,7-11H2,1-6H3,(H2,22,23). The zero-order valence-electron chi connectivity index (χ0n) is 16.9. The quantitative estimate of drug-likeness (QED) is 0.570. The summed E-state index contributed by atoms with van der Waals surface area (Å²) in [7, 11) is 0. The van der Waals surface area contributed by atoms with Crippen LogP contribution in [-0.4, -0.2) is 23.6 Å². The molecular weight excluding hydrogens is 330 g/mol. The molecule has 0 radical (unpaired) electrons. The lowest BCUT2D eigenvalue weighted by Crippen LogP contribution is -2.18. The highest BCUT2D eigenvalue weighted by Crippen LogP contribution is 2.39. The minimum Gasteiger partial charge on any atom is -0.507 e. The molecule has 0 bridgehead atoms. The summed E-state index contributed by atoms with van der Waals surface area (Å²) >= 11 is 0. The van der Waals surface area contributed by atoms with E-state index in [-0.39, 0.29) is 36.2 Å². The fraction of sp³-hybridized carbons (Fsp3) is 0.619. The predicted octanol–water partition coefficient (Wildman–Crippen LogP) is 3.73. The minimum absolute atomic E-state index is 0.199. The van der Waals surface area contributed by atoms with Crippen molar-refractivity contribution in [3.63, 3.8) is 0 Å². The molecule has 0 saturated heterocycles. The van der Waals surface area contributed by atoms with Gasteiger partial charge in [-0.1, -0.05) is 53.7 Å². The number of esters is 1. The van der Waals surface area contributed by atoms with Gasteiger partial charge in [0.25, 0.3) is 0 Å². The minimum atomic E-state index is -0.394. The SMILES string of the molecule is CC(C)(C)c1cc(CCC(=O)OCCCC(N)=O)cc(C(C)(C)C)c1O. The van der Waals surface area contributed by atoms with Gasteiger partial charge in [-0.05, 0) is 40.4 Å². The van der Waals surface area contributed by atoms with Crippen LogP contribution < -0.4 is 5.73 Å². The van der Waals surface area contributed by atoms with Crippen molar-refractivity contribution in [1.82, 2.24) is 0 Å². The highest BCUT2D eigenvalue weighted by molar-refractivity contribution is 5.73. The topological polar surface area (TPSA) is 89.6 Å². The second-order valence-electron chi connectivity index (χ2n) is 8.83. The number of hydrogen-bond donors (Lipinski definition) is 2. The summed E-state index contributed by atoms with van der Waals surface area (Å²) < 4.78 is 5.14.